The number of carbonyl (C=O) groups excluding carboxylic acids is 1. The Balaban J connectivity index is 1.37. The molecule has 2 heterocycles. The number of carbonyl (C=O) groups is 1. The number of benzene rings is 2. The molecule has 1 N–H and O–H groups in total. The first-order chi connectivity index (χ1) is 13.2. The van der Waals surface area contributed by atoms with E-state index in [2.05, 4.69) is 17.4 Å². The van der Waals surface area contributed by atoms with Crippen molar-refractivity contribution in [3.05, 3.63) is 58.6 Å². The molecule has 1 saturated heterocycles. The molecule has 0 aromatic heterocycles. The van der Waals surface area contributed by atoms with Gasteiger partial charge < -0.3 is 19.7 Å². The number of fused-ring (bicyclic) bond motifs is 1. The second kappa shape index (κ2) is 8.09. The lowest BCUT2D eigenvalue weighted by Crippen LogP contribution is -2.41. The average Bonchev–Trinajstić information content (AvgIpc) is 3.01. The van der Waals surface area contributed by atoms with Crippen LogP contribution in [0.3, 0.4) is 0 Å². The van der Waals surface area contributed by atoms with Crippen molar-refractivity contribution in [3.63, 3.8) is 0 Å². The van der Waals surface area contributed by atoms with Crippen molar-refractivity contribution in [1.82, 2.24) is 10.2 Å². The molecule has 0 saturated carbocycles. The van der Waals surface area contributed by atoms with Crippen molar-refractivity contribution in [1.29, 1.82) is 0 Å². The molecular weight excluding hydrogens is 364 g/mol. The number of rotatable bonds is 3. The summed E-state index contributed by atoms with van der Waals surface area (Å²) in [7, 11) is 0. The van der Waals surface area contributed by atoms with Gasteiger partial charge in [-0.25, -0.2) is 4.79 Å². The molecule has 0 spiro atoms. The number of urea groups is 1. The number of hydrogen-bond acceptors (Lipinski definition) is 3. The number of amides is 2. The quantitative estimate of drug-likeness (QED) is 0.842. The van der Waals surface area contributed by atoms with Gasteiger partial charge in [0.05, 0.1) is 0 Å². The van der Waals surface area contributed by atoms with Crippen molar-refractivity contribution in [3.8, 4) is 11.5 Å². The van der Waals surface area contributed by atoms with E-state index >= 15 is 0 Å². The van der Waals surface area contributed by atoms with Gasteiger partial charge in [-0.2, -0.15) is 0 Å². The molecule has 0 aliphatic carbocycles. The van der Waals surface area contributed by atoms with Gasteiger partial charge in [0.1, 0.15) is 0 Å². The van der Waals surface area contributed by atoms with Gasteiger partial charge in [0.25, 0.3) is 0 Å². The van der Waals surface area contributed by atoms with Crippen molar-refractivity contribution in [2.45, 2.75) is 31.7 Å². The maximum Gasteiger partial charge on any atom is 0.317 e. The second-order valence-corrected chi connectivity index (χ2v) is 7.47. The van der Waals surface area contributed by atoms with Crippen LogP contribution in [0.2, 0.25) is 5.02 Å². The normalized spacial score (nSPS) is 18.9. The summed E-state index contributed by atoms with van der Waals surface area (Å²) in [6.07, 6.45) is 3.24. The first-order valence-corrected chi connectivity index (χ1v) is 9.73. The third kappa shape index (κ3) is 4.30. The van der Waals surface area contributed by atoms with Crippen LogP contribution in [-0.4, -0.2) is 30.8 Å². The standard InChI is InChI=1S/C21H23ClN2O3/c22-18-7-5-16(6-8-18)17-3-1-2-10-24(13-17)21(25)23-12-15-4-9-19-20(11-15)27-14-26-19/h4-9,11,17H,1-3,10,12-14H2,(H,23,25). The lowest BCUT2D eigenvalue weighted by atomic mass is 9.94. The van der Waals surface area contributed by atoms with Crippen LogP contribution in [0.15, 0.2) is 42.5 Å². The van der Waals surface area contributed by atoms with Gasteiger partial charge in [0.2, 0.25) is 6.79 Å². The van der Waals surface area contributed by atoms with E-state index in [0.717, 1.165) is 54.4 Å². The molecule has 27 heavy (non-hydrogen) atoms. The topological polar surface area (TPSA) is 50.8 Å². The molecule has 142 valence electrons. The number of ether oxygens (including phenoxy) is 2. The van der Waals surface area contributed by atoms with Gasteiger partial charge in [0, 0.05) is 30.6 Å². The van der Waals surface area contributed by atoms with Gasteiger partial charge in [0.15, 0.2) is 11.5 Å². The monoisotopic (exact) mass is 386 g/mol. The zero-order chi connectivity index (χ0) is 18.6. The molecule has 5 nitrogen and oxygen atoms in total. The van der Waals surface area contributed by atoms with E-state index < -0.39 is 0 Å². The molecule has 2 amide bonds. The Morgan fingerprint density at radius 2 is 1.93 bits per heavy atom. The van der Waals surface area contributed by atoms with E-state index in [-0.39, 0.29) is 12.8 Å². The van der Waals surface area contributed by atoms with Gasteiger partial charge in [-0.1, -0.05) is 36.2 Å². The molecule has 0 radical (unpaired) electrons. The van der Waals surface area contributed by atoms with Gasteiger partial charge in [-0.3, -0.25) is 0 Å². The van der Waals surface area contributed by atoms with E-state index in [1.54, 1.807) is 0 Å². The van der Waals surface area contributed by atoms with Crippen LogP contribution in [0.4, 0.5) is 4.79 Å². The van der Waals surface area contributed by atoms with Crippen LogP contribution in [0.5, 0.6) is 11.5 Å². The highest BCUT2D eigenvalue weighted by molar-refractivity contribution is 6.30. The van der Waals surface area contributed by atoms with E-state index in [4.69, 9.17) is 21.1 Å². The van der Waals surface area contributed by atoms with Crippen molar-refractivity contribution < 1.29 is 14.3 Å². The molecule has 2 aromatic rings. The summed E-state index contributed by atoms with van der Waals surface area (Å²) in [4.78, 5) is 14.7. The molecular formula is C21H23ClN2O3. The predicted molar refractivity (Wildman–Crippen MR) is 104 cm³/mol. The molecule has 2 aliphatic rings. The highest BCUT2D eigenvalue weighted by atomic mass is 35.5. The number of halogens is 1. The average molecular weight is 387 g/mol. The lowest BCUT2D eigenvalue weighted by Gasteiger charge is -2.25. The summed E-state index contributed by atoms with van der Waals surface area (Å²) < 4.78 is 10.7. The smallest absolute Gasteiger partial charge is 0.317 e. The number of likely N-dealkylation sites (tertiary alicyclic amines) is 1. The van der Waals surface area contributed by atoms with Crippen LogP contribution in [0.25, 0.3) is 0 Å². The molecule has 2 aromatic carbocycles. The summed E-state index contributed by atoms with van der Waals surface area (Å²) in [5, 5.41) is 3.78. The Hall–Kier alpha value is -2.40. The number of hydrogen-bond donors (Lipinski definition) is 1. The molecule has 1 fully saturated rings. The molecule has 4 rings (SSSR count). The molecule has 6 heteroatoms. The SMILES string of the molecule is O=C(NCc1ccc2c(c1)OCO2)N1CCCCC(c2ccc(Cl)cc2)C1. The van der Waals surface area contributed by atoms with E-state index in [1.807, 2.05) is 35.2 Å². The summed E-state index contributed by atoms with van der Waals surface area (Å²) >= 11 is 6.01. The highest BCUT2D eigenvalue weighted by Gasteiger charge is 2.23. The Morgan fingerprint density at radius 3 is 2.78 bits per heavy atom. The zero-order valence-corrected chi connectivity index (χ0v) is 15.9. The molecule has 2 aliphatic heterocycles. The maximum atomic E-state index is 12.7. The van der Waals surface area contributed by atoms with E-state index in [0.29, 0.717) is 12.5 Å². The zero-order valence-electron chi connectivity index (χ0n) is 15.1. The van der Waals surface area contributed by atoms with Crippen molar-refractivity contribution in [2.75, 3.05) is 19.9 Å². The Morgan fingerprint density at radius 1 is 1.11 bits per heavy atom. The Labute approximate surface area is 164 Å². The fourth-order valence-electron chi connectivity index (χ4n) is 3.67. The third-order valence-electron chi connectivity index (χ3n) is 5.18. The fourth-order valence-corrected chi connectivity index (χ4v) is 3.80. The highest BCUT2D eigenvalue weighted by Crippen LogP contribution is 2.32. The Bertz CT molecular complexity index is 810. The van der Waals surface area contributed by atoms with Crippen molar-refractivity contribution >= 4 is 17.6 Å². The lowest BCUT2D eigenvalue weighted by molar-refractivity contribution is 0.174. The van der Waals surface area contributed by atoms with Crippen LogP contribution < -0.4 is 14.8 Å². The minimum atomic E-state index is -0.0199. The van der Waals surface area contributed by atoms with Gasteiger partial charge in [-0.15, -0.1) is 0 Å². The summed E-state index contributed by atoms with van der Waals surface area (Å²) in [5.74, 6) is 1.84. The van der Waals surface area contributed by atoms with Crippen LogP contribution in [-0.2, 0) is 6.54 Å². The first-order valence-electron chi connectivity index (χ1n) is 9.36. The van der Waals surface area contributed by atoms with Crippen LogP contribution in [0, 0.1) is 0 Å². The van der Waals surface area contributed by atoms with Crippen LogP contribution in [0.1, 0.15) is 36.3 Å². The van der Waals surface area contributed by atoms with Gasteiger partial charge in [-0.05, 0) is 48.2 Å². The number of nitrogens with zero attached hydrogens (tertiary/aromatic N) is 1. The molecule has 1 unspecified atom stereocenters. The summed E-state index contributed by atoms with van der Waals surface area (Å²) in [5.41, 5.74) is 2.24. The predicted octanol–water partition coefficient (Wildman–Crippen LogP) is 4.55. The number of nitrogens with one attached hydrogen (secondary N) is 1. The largest absolute Gasteiger partial charge is 0.454 e. The van der Waals surface area contributed by atoms with E-state index in [9.17, 15) is 4.79 Å². The van der Waals surface area contributed by atoms with Crippen molar-refractivity contribution in [2.24, 2.45) is 0 Å². The first kappa shape index (κ1) is 18.0. The minimum Gasteiger partial charge on any atom is -0.454 e. The molecule has 0 bridgehead atoms. The summed E-state index contributed by atoms with van der Waals surface area (Å²) in [6.45, 7) is 2.24. The summed E-state index contributed by atoms with van der Waals surface area (Å²) in [6, 6.07) is 13.7. The second-order valence-electron chi connectivity index (χ2n) is 7.04. The maximum absolute atomic E-state index is 12.7. The molecule has 1 atom stereocenters. The van der Waals surface area contributed by atoms with Gasteiger partial charge >= 0.3 is 6.03 Å². The van der Waals surface area contributed by atoms with E-state index in [1.165, 1.54) is 5.56 Å². The third-order valence-corrected chi connectivity index (χ3v) is 5.43. The fraction of sp³-hybridized carbons (Fsp3) is 0.381. The minimum absolute atomic E-state index is 0.0199. The van der Waals surface area contributed by atoms with Crippen LogP contribution >= 0.6 is 11.6 Å². The Kier molecular flexibility index (Phi) is 5.39.